The zero-order valence-electron chi connectivity index (χ0n) is 17.9. The highest BCUT2D eigenvalue weighted by Crippen LogP contribution is 2.25. The van der Waals surface area contributed by atoms with Crippen molar-refractivity contribution >= 4 is 33.0 Å². The maximum atomic E-state index is 13.1. The molecule has 4 aromatic rings. The zero-order valence-corrected chi connectivity index (χ0v) is 19.6. The molecule has 1 heterocycles. The Balaban J connectivity index is 1.43. The van der Waals surface area contributed by atoms with Crippen molar-refractivity contribution in [1.29, 1.82) is 0 Å². The Bertz CT molecular complexity index is 1320. The van der Waals surface area contributed by atoms with E-state index in [0.717, 1.165) is 10.6 Å². The molecule has 8 heteroatoms. The molecule has 6 nitrogen and oxygen atoms in total. The molecule has 0 aliphatic rings. The number of sulfonamides is 1. The lowest BCUT2D eigenvalue weighted by atomic mass is 10.2. The fourth-order valence-corrected chi connectivity index (χ4v) is 5.57. The number of para-hydroxylation sites is 1. The topological polar surface area (TPSA) is 76.6 Å². The third kappa shape index (κ3) is 5.13. The van der Waals surface area contributed by atoms with Crippen molar-refractivity contribution in [2.75, 3.05) is 10.8 Å². The maximum Gasteiger partial charge on any atom is 0.338 e. The lowest BCUT2D eigenvalue weighted by molar-refractivity contribution is 0.0468. The van der Waals surface area contributed by atoms with E-state index >= 15 is 0 Å². The van der Waals surface area contributed by atoms with Crippen molar-refractivity contribution in [2.45, 2.75) is 18.4 Å². The van der Waals surface area contributed by atoms with Gasteiger partial charge in [-0.3, -0.25) is 4.31 Å². The van der Waals surface area contributed by atoms with Crippen molar-refractivity contribution in [3.8, 4) is 10.6 Å². The molecule has 4 rings (SSSR count). The number of hydrogen-bond acceptors (Lipinski definition) is 6. The molecule has 0 saturated heterocycles. The van der Waals surface area contributed by atoms with Crippen LogP contribution < -0.4 is 4.31 Å². The van der Waals surface area contributed by atoms with Crippen LogP contribution in [0.15, 0.2) is 95.2 Å². The number of benzene rings is 3. The largest absolute Gasteiger partial charge is 0.456 e. The number of hydrogen-bond donors (Lipinski definition) is 0. The first kappa shape index (κ1) is 22.7. The van der Waals surface area contributed by atoms with Crippen molar-refractivity contribution in [1.82, 2.24) is 4.98 Å². The van der Waals surface area contributed by atoms with Crippen LogP contribution in [0.1, 0.15) is 23.0 Å². The molecular formula is C25H22N2O4S2. The lowest BCUT2D eigenvalue weighted by Crippen LogP contribution is -2.30. The molecule has 33 heavy (non-hydrogen) atoms. The van der Waals surface area contributed by atoms with Crippen molar-refractivity contribution in [3.05, 3.63) is 102 Å². The van der Waals surface area contributed by atoms with E-state index in [0.29, 0.717) is 11.4 Å². The summed E-state index contributed by atoms with van der Waals surface area (Å²) in [5, 5.41) is 2.71. The van der Waals surface area contributed by atoms with Crippen LogP contribution in [0.4, 0.5) is 5.69 Å². The van der Waals surface area contributed by atoms with Gasteiger partial charge in [0.25, 0.3) is 10.0 Å². The third-order valence-corrected chi connectivity index (χ3v) is 7.79. The minimum Gasteiger partial charge on any atom is -0.456 e. The van der Waals surface area contributed by atoms with Gasteiger partial charge < -0.3 is 4.74 Å². The van der Waals surface area contributed by atoms with Crippen LogP contribution in [0.25, 0.3) is 10.6 Å². The second-order valence-corrected chi connectivity index (χ2v) is 9.84. The summed E-state index contributed by atoms with van der Waals surface area (Å²) in [6.45, 7) is 2.10. The first-order valence-corrected chi connectivity index (χ1v) is 12.7. The quantitative estimate of drug-likeness (QED) is 0.318. The summed E-state index contributed by atoms with van der Waals surface area (Å²) in [7, 11) is -3.75. The van der Waals surface area contributed by atoms with Gasteiger partial charge in [0.1, 0.15) is 11.6 Å². The first-order valence-electron chi connectivity index (χ1n) is 10.3. The highest BCUT2D eigenvalue weighted by Gasteiger charge is 2.24. The highest BCUT2D eigenvalue weighted by molar-refractivity contribution is 7.92. The zero-order chi connectivity index (χ0) is 23.3. The average Bonchev–Trinajstić information content (AvgIpc) is 3.33. The van der Waals surface area contributed by atoms with E-state index < -0.39 is 16.0 Å². The fraction of sp³-hybridized carbons (Fsp3) is 0.120. The molecule has 0 radical (unpaired) electrons. The molecule has 0 bridgehead atoms. The molecule has 1 aromatic heterocycles. The SMILES string of the molecule is CCN(c1ccccc1)S(=O)(=O)c1ccc(C(=O)OCc2csc(-c3ccccc3)n2)cc1. The van der Waals surface area contributed by atoms with Crippen LogP contribution in [-0.2, 0) is 21.4 Å². The van der Waals surface area contributed by atoms with Gasteiger partial charge in [0.05, 0.1) is 21.8 Å². The van der Waals surface area contributed by atoms with Gasteiger partial charge in [-0.1, -0.05) is 48.5 Å². The van der Waals surface area contributed by atoms with E-state index in [1.807, 2.05) is 41.8 Å². The Morgan fingerprint density at radius 2 is 1.58 bits per heavy atom. The number of carbonyl (C=O) groups excluding carboxylic acids is 1. The first-order chi connectivity index (χ1) is 16.0. The van der Waals surface area contributed by atoms with E-state index in [-0.39, 0.29) is 23.6 Å². The normalized spacial score (nSPS) is 11.2. The van der Waals surface area contributed by atoms with Crippen LogP contribution in [0.5, 0.6) is 0 Å². The van der Waals surface area contributed by atoms with Crippen LogP contribution in [0.3, 0.4) is 0 Å². The van der Waals surface area contributed by atoms with Crippen molar-refractivity contribution in [3.63, 3.8) is 0 Å². The molecule has 0 saturated carbocycles. The van der Waals surface area contributed by atoms with Crippen LogP contribution >= 0.6 is 11.3 Å². The molecule has 0 spiro atoms. The number of carbonyl (C=O) groups is 1. The monoisotopic (exact) mass is 478 g/mol. The predicted molar refractivity (Wildman–Crippen MR) is 130 cm³/mol. The summed E-state index contributed by atoms with van der Waals surface area (Å²) in [5.41, 5.74) is 2.53. The number of ether oxygens (including phenoxy) is 1. The Kier molecular flexibility index (Phi) is 6.86. The smallest absolute Gasteiger partial charge is 0.338 e. The Hall–Kier alpha value is -3.49. The van der Waals surface area contributed by atoms with Crippen molar-refractivity contribution in [2.24, 2.45) is 0 Å². The number of aromatic nitrogens is 1. The van der Waals surface area contributed by atoms with Gasteiger partial charge in [-0.25, -0.2) is 18.2 Å². The molecular weight excluding hydrogens is 456 g/mol. The Morgan fingerprint density at radius 1 is 0.939 bits per heavy atom. The van der Waals surface area contributed by atoms with E-state index in [9.17, 15) is 13.2 Å². The van der Waals surface area contributed by atoms with Gasteiger partial charge in [-0.2, -0.15) is 0 Å². The van der Waals surface area contributed by atoms with Gasteiger partial charge in [-0.15, -0.1) is 11.3 Å². The number of esters is 1. The van der Waals surface area contributed by atoms with Gasteiger partial charge in [0.2, 0.25) is 0 Å². The summed E-state index contributed by atoms with van der Waals surface area (Å²) in [5.74, 6) is -0.538. The molecule has 168 valence electrons. The van der Waals surface area contributed by atoms with Crippen molar-refractivity contribution < 1.29 is 17.9 Å². The minimum atomic E-state index is -3.75. The van der Waals surface area contributed by atoms with Gasteiger partial charge in [-0.05, 0) is 43.3 Å². The molecule has 0 aliphatic carbocycles. The van der Waals surface area contributed by atoms with Crippen LogP contribution in [0, 0.1) is 0 Å². The molecule has 0 N–H and O–H groups in total. The second kappa shape index (κ2) is 9.97. The number of anilines is 1. The Labute approximate surface area is 197 Å². The summed E-state index contributed by atoms with van der Waals surface area (Å²) >= 11 is 1.48. The molecule has 0 amide bonds. The number of thiazole rings is 1. The average molecular weight is 479 g/mol. The minimum absolute atomic E-state index is 0.0415. The van der Waals surface area contributed by atoms with E-state index in [1.54, 1.807) is 31.2 Å². The van der Waals surface area contributed by atoms with E-state index in [1.165, 1.54) is 39.9 Å². The van der Waals surface area contributed by atoms with E-state index in [4.69, 9.17) is 4.74 Å². The maximum absolute atomic E-state index is 13.1. The standard InChI is InChI=1S/C25H22N2O4S2/c1-2-27(22-11-7-4-8-12-22)33(29,30)23-15-13-20(14-16-23)25(28)31-17-21-18-32-24(26-21)19-9-5-3-6-10-19/h3-16,18H,2,17H2,1H3. The van der Waals surface area contributed by atoms with Gasteiger partial charge in [0, 0.05) is 17.5 Å². The lowest BCUT2D eigenvalue weighted by Gasteiger charge is -2.22. The third-order valence-electron chi connectivity index (χ3n) is 4.93. The summed E-state index contributed by atoms with van der Waals surface area (Å²) in [6.07, 6.45) is 0. The van der Waals surface area contributed by atoms with Gasteiger partial charge in [0.15, 0.2) is 0 Å². The molecule has 0 atom stereocenters. The fourth-order valence-electron chi connectivity index (χ4n) is 3.29. The van der Waals surface area contributed by atoms with E-state index in [2.05, 4.69) is 4.98 Å². The molecule has 3 aromatic carbocycles. The predicted octanol–water partition coefficient (Wildman–Crippen LogP) is 5.38. The second-order valence-electron chi connectivity index (χ2n) is 7.12. The summed E-state index contributed by atoms with van der Waals surface area (Å²) < 4.78 is 32.9. The summed E-state index contributed by atoms with van der Waals surface area (Å²) in [6, 6.07) is 24.5. The highest BCUT2D eigenvalue weighted by atomic mass is 32.2. The Morgan fingerprint density at radius 3 is 2.21 bits per heavy atom. The molecule has 0 unspecified atom stereocenters. The summed E-state index contributed by atoms with van der Waals surface area (Å²) in [4.78, 5) is 17.1. The number of nitrogens with zero attached hydrogens (tertiary/aromatic N) is 2. The molecule has 0 fully saturated rings. The van der Waals surface area contributed by atoms with Crippen LogP contribution in [-0.4, -0.2) is 25.9 Å². The van der Waals surface area contributed by atoms with Gasteiger partial charge >= 0.3 is 5.97 Å². The van der Waals surface area contributed by atoms with Crippen LogP contribution in [0.2, 0.25) is 0 Å². The number of rotatable bonds is 8. The molecule has 0 aliphatic heterocycles.